The molecule has 0 unspecified atom stereocenters. The van der Waals surface area contributed by atoms with E-state index in [4.69, 9.17) is 0 Å². The number of carbonyl (C=O) groups excluding carboxylic acids is 1. The highest BCUT2D eigenvalue weighted by Gasteiger charge is 2.18. The van der Waals surface area contributed by atoms with Crippen molar-refractivity contribution in [1.82, 2.24) is 10.2 Å². The quantitative estimate of drug-likeness (QED) is 0.618. The predicted octanol–water partition coefficient (Wildman–Crippen LogP) is 2.57. The van der Waals surface area contributed by atoms with Crippen molar-refractivity contribution in [2.24, 2.45) is 0 Å². The number of carbonyl (C=O) groups is 1. The molecule has 0 spiro atoms. The third-order valence-corrected chi connectivity index (χ3v) is 3.11. The van der Waals surface area contributed by atoms with Crippen LogP contribution < -0.4 is 5.32 Å². The minimum absolute atomic E-state index is 0.355. The van der Waals surface area contributed by atoms with Gasteiger partial charge < -0.3 is 10.2 Å². The highest BCUT2D eigenvalue weighted by molar-refractivity contribution is 5.94. The summed E-state index contributed by atoms with van der Waals surface area (Å²) in [5.41, 5.74) is -0.480. The van der Waals surface area contributed by atoms with Gasteiger partial charge in [-0.3, -0.25) is 4.79 Å². The van der Waals surface area contributed by atoms with E-state index in [0.29, 0.717) is 13.0 Å². The zero-order valence-electron chi connectivity index (χ0n) is 11.7. The Morgan fingerprint density at radius 1 is 1.15 bits per heavy atom. The second-order valence-corrected chi connectivity index (χ2v) is 4.36. The molecule has 0 bridgehead atoms. The molecule has 0 aromatic heterocycles. The van der Waals surface area contributed by atoms with E-state index in [1.807, 2.05) is 13.8 Å². The molecule has 6 heteroatoms. The van der Waals surface area contributed by atoms with Gasteiger partial charge in [-0.05, 0) is 38.2 Å². The first-order chi connectivity index (χ1) is 9.51. The van der Waals surface area contributed by atoms with Crippen LogP contribution in [0.5, 0.6) is 0 Å². The fourth-order valence-corrected chi connectivity index (χ4v) is 1.84. The maximum atomic E-state index is 13.4. The summed E-state index contributed by atoms with van der Waals surface area (Å²) in [6.45, 7) is 7.09. The number of rotatable bonds is 7. The number of nitrogens with one attached hydrogen (secondary N) is 1. The van der Waals surface area contributed by atoms with Gasteiger partial charge >= 0.3 is 0 Å². The maximum absolute atomic E-state index is 13.4. The summed E-state index contributed by atoms with van der Waals surface area (Å²) >= 11 is 0. The van der Waals surface area contributed by atoms with Gasteiger partial charge in [0.1, 0.15) is 0 Å². The lowest BCUT2D eigenvalue weighted by molar-refractivity contribution is 0.0946. The van der Waals surface area contributed by atoms with E-state index in [-0.39, 0.29) is 0 Å². The summed E-state index contributed by atoms with van der Waals surface area (Å²) in [6, 6.07) is 1.68. The van der Waals surface area contributed by atoms with E-state index < -0.39 is 28.9 Å². The average Bonchev–Trinajstić information content (AvgIpc) is 2.45. The van der Waals surface area contributed by atoms with Crippen LogP contribution in [-0.2, 0) is 0 Å². The van der Waals surface area contributed by atoms with E-state index in [9.17, 15) is 18.0 Å². The van der Waals surface area contributed by atoms with E-state index in [1.165, 1.54) is 0 Å². The smallest absolute Gasteiger partial charge is 0.254 e. The predicted molar refractivity (Wildman–Crippen MR) is 71.1 cm³/mol. The zero-order valence-corrected chi connectivity index (χ0v) is 11.7. The Morgan fingerprint density at radius 3 is 2.40 bits per heavy atom. The van der Waals surface area contributed by atoms with Crippen LogP contribution in [-0.4, -0.2) is 37.0 Å². The van der Waals surface area contributed by atoms with Crippen LogP contribution in [0.3, 0.4) is 0 Å². The lowest BCUT2D eigenvalue weighted by Gasteiger charge is -2.17. The van der Waals surface area contributed by atoms with Gasteiger partial charge in [0.25, 0.3) is 5.91 Å². The summed E-state index contributed by atoms with van der Waals surface area (Å²) in [5, 5.41) is 2.50. The van der Waals surface area contributed by atoms with Crippen LogP contribution in [0, 0.1) is 17.5 Å². The molecule has 1 rings (SSSR count). The molecule has 0 heterocycles. The Bertz CT molecular complexity index is 462. The molecule has 0 aliphatic heterocycles. The molecule has 1 aromatic carbocycles. The van der Waals surface area contributed by atoms with Gasteiger partial charge in [0.05, 0.1) is 5.56 Å². The van der Waals surface area contributed by atoms with Crippen LogP contribution in [0.25, 0.3) is 0 Å². The van der Waals surface area contributed by atoms with Gasteiger partial charge in [0.2, 0.25) is 0 Å². The molecule has 0 aliphatic rings. The fraction of sp³-hybridized carbons (Fsp3) is 0.500. The normalized spacial score (nSPS) is 10.9. The van der Waals surface area contributed by atoms with Crippen molar-refractivity contribution >= 4 is 5.91 Å². The largest absolute Gasteiger partial charge is 0.352 e. The number of halogens is 3. The second kappa shape index (κ2) is 7.89. The number of benzene rings is 1. The van der Waals surface area contributed by atoms with Gasteiger partial charge in [0.15, 0.2) is 17.5 Å². The van der Waals surface area contributed by atoms with Gasteiger partial charge in [-0.2, -0.15) is 0 Å². The molecule has 20 heavy (non-hydrogen) atoms. The van der Waals surface area contributed by atoms with Crippen LogP contribution >= 0.6 is 0 Å². The van der Waals surface area contributed by atoms with E-state index in [0.717, 1.165) is 31.8 Å². The first-order valence-electron chi connectivity index (χ1n) is 6.65. The van der Waals surface area contributed by atoms with Crippen molar-refractivity contribution in [2.75, 3.05) is 26.2 Å². The van der Waals surface area contributed by atoms with E-state index in [1.54, 1.807) is 0 Å². The maximum Gasteiger partial charge on any atom is 0.254 e. The standard InChI is InChI=1S/C14H19F3N2O/c1-3-19(4-2)9-5-8-18-14(20)10-6-7-11(15)13(17)12(10)16/h6-7H,3-5,8-9H2,1-2H3,(H,18,20). The minimum atomic E-state index is -1.62. The van der Waals surface area contributed by atoms with Crippen molar-refractivity contribution in [3.63, 3.8) is 0 Å². The first-order valence-corrected chi connectivity index (χ1v) is 6.65. The Morgan fingerprint density at radius 2 is 1.80 bits per heavy atom. The molecule has 0 atom stereocenters. The van der Waals surface area contributed by atoms with Gasteiger partial charge in [-0.15, -0.1) is 0 Å². The topological polar surface area (TPSA) is 32.3 Å². The highest BCUT2D eigenvalue weighted by Crippen LogP contribution is 2.14. The average molecular weight is 288 g/mol. The molecule has 1 amide bonds. The summed E-state index contributed by atoms with van der Waals surface area (Å²) < 4.78 is 39.1. The Balaban J connectivity index is 2.50. The number of hydrogen-bond donors (Lipinski definition) is 1. The summed E-state index contributed by atoms with van der Waals surface area (Å²) in [5.74, 6) is -5.12. The number of amides is 1. The zero-order chi connectivity index (χ0) is 15.1. The lowest BCUT2D eigenvalue weighted by atomic mass is 10.2. The highest BCUT2D eigenvalue weighted by atomic mass is 19.2. The monoisotopic (exact) mass is 288 g/mol. The fourth-order valence-electron chi connectivity index (χ4n) is 1.84. The van der Waals surface area contributed by atoms with Crippen LogP contribution in [0.4, 0.5) is 13.2 Å². The molecule has 0 radical (unpaired) electrons. The van der Waals surface area contributed by atoms with Gasteiger partial charge in [0, 0.05) is 6.54 Å². The van der Waals surface area contributed by atoms with Crippen LogP contribution in [0.15, 0.2) is 12.1 Å². The van der Waals surface area contributed by atoms with Crippen molar-refractivity contribution in [1.29, 1.82) is 0 Å². The van der Waals surface area contributed by atoms with Gasteiger partial charge in [-0.25, -0.2) is 13.2 Å². The molecule has 0 aliphatic carbocycles. The molecule has 1 N–H and O–H groups in total. The SMILES string of the molecule is CCN(CC)CCCNC(=O)c1ccc(F)c(F)c1F. The number of hydrogen-bond acceptors (Lipinski definition) is 2. The lowest BCUT2D eigenvalue weighted by Crippen LogP contribution is -2.30. The summed E-state index contributed by atoms with van der Waals surface area (Å²) in [6.07, 6.45) is 0.707. The van der Waals surface area contributed by atoms with Crippen molar-refractivity contribution in [3.05, 3.63) is 35.1 Å². The van der Waals surface area contributed by atoms with Crippen molar-refractivity contribution in [3.8, 4) is 0 Å². The summed E-state index contributed by atoms with van der Waals surface area (Å²) in [7, 11) is 0. The third kappa shape index (κ3) is 4.23. The second-order valence-electron chi connectivity index (χ2n) is 4.36. The minimum Gasteiger partial charge on any atom is -0.352 e. The molecule has 112 valence electrons. The Kier molecular flexibility index (Phi) is 6.51. The molecular formula is C14H19F3N2O. The van der Waals surface area contributed by atoms with Crippen molar-refractivity contribution < 1.29 is 18.0 Å². The Hall–Kier alpha value is -1.56. The molecule has 0 saturated carbocycles. The molecule has 0 fully saturated rings. The van der Waals surface area contributed by atoms with Gasteiger partial charge in [-0.1, -0.05) is 13.8 Å². The Labute approximate surface area is 116 Å². The first kappa shape index (κ1) is 16.5. The third-order valence-electron chi connectivity index (χ3n) is 3.11. The molecule has 0 saturated heterocycles. The van der Waals surface area contributed by atoms with Crippen LogP contribution in [0.1, 0.15) is 30.6 Å². The summed E-state index contributed by atoms with van der Waals surface area (Å²) in [4.78, 5) is 13.8. The molecular weight excluding hydrogens is 269 g/mol. The van der Waals surface area contributed by atoms with E-state index >= 15 is 0 Å². The van der Waals surface area contributed by atoms with E-state index in [2.05, 4.69) is 10.2 Å². The van der Waals surface area contributed by atoms with Crippen LogP contribution in [0.2, 0.25) is 0 Å². The number of nitrogens with zero attached hydrogens (tertiary/aromatic N) is 1. The van der Waals surface area contributed by atoms with Crippen molar-refractivity contribution in [2.45, 2.75) is 20.3 Å². The molecule has 3 nitrogen and oxygen atoms in total. The molecule has 1 aromatic rings.